The summed E-state index contributed by atoms with van der Waals surface area (Å²) in [7, 11) is 0. The molecule has 0 bridgehead atoms. The van der Waals surface area contributed by atoms with Crippen LogP contribution >= 0.6 is 24.0 Å². The van der Waals surface area contributed by atoms with Crippen LogP contribution in [0.5, 0.6) is 0 Å². The van der Waals surface area contributed by atoms with E-state index < -0.39 is 0 Å². The topological polar surface area (TPSA) is 55.1 Å². The van der Waals surface area contributed by atoms with Gasteiger partial charge < -0.3 is 11.1 Å². The summed E-state index contributed by atoms with van der Waals surface area (Å²) in [5.41, 5.74) is 5.41. The maximum Gasteiger partial charge on any atom is 0.230 e. The third-order valence-electron chi connectivity index (χ3n) is 2.03. The van der Waals surface area contributed by atoms with Gasteiger partial charge >= 0.3 is 0 Å². The molecule has 1 unspecified atom stereocenters. The molecule has 1 aromatic rings. The van der Waals surface area contributed by atoms with Crippen molar-refractivity contribution in [3.63, 3.8) is 0 Å². The van der Waals surface area contributed by atoms with Gasteiger partial charge in [-0.05, 0) is 19.1 Å². The van der Waals surface area contributed by atoms with E-state index >= 15 is 0 Å². The normalized spacial score (nSPS) is 11.8. The van der Waals surface area contributed by atoms with Crippen molar-refractivity contribution in [3.8, 4) is 0 Å². The molecule has 3 nitrogen and oxygen atoms in total. The Balaban J connectivity index is 2.28. The second kappa shape index (κ2) is 7.29. The number of hydrogen-bond donors (Lipinski definition) is 2. The monoisotopic (exact) mass is 268 g/mol. The molecule has 0 fully saturated rings. The zero-order valence-corrected chi connectivity index (χ0v) is 11.3. The third-order valence-corrected chi connectivity index (χ3v) is 3.21. The largest absolute Gasteiger partial charge is 0.393 e. The van der Waals surface area contributed by atoms with E-state index in [0.717, 1.165) is 4.90 Å². The van der Waals surface area contributed by atoms with Crippen LogP contribution in [0.4, 0.5) is 0 Å². The highest BCUT2D eigenvalue weighted by molar-refractivity contribution is 8.00. The van der Waals surface area contributed by atoms with Crippen LogP contribution in [0.1, 0.15) is 13.3 Å². The Bertz CT molecular complexity index is 381. The molecule has 0 saturated heterocycles. The third kappa shape index (κ3) is 6.28. The van der Waals surface area contributed by atoms with Crippen LogP contribution in [0, 0.1) is 0 Å². The lowest BCUT2D eigenvalue weighted by Gasteiger charge is -2.12. The van der Waals surface area contributed by atoms with Crippen molar-refractivity contribution in [2.24, 2.45) is 5.73 Å². The Morgan fingerprint density at radius 3 is 2.71 bits per heavy atom. The minimum atomic E-state index is -0.00336. The summed E-state index contributed by atoms with van der Waals surface area (Å²) in [6.45, 7) is 1.89. The molecule has 0 saturated carbocycles. The van der Waals surface area contributed by atoms with Crippen molar-refractivity contribution >= 4 is 34.9 Å². The van der Waals surface area contributed by atoms with Gasteiger partial charge in [0.1, 0.15) is 0 Å². The van der Waals surface area contributed by atoms with Crippen molar-refractivity contribution < 1.29 is 4.79 Å². The first kappa shape index (κ1) is 14.0. The van der Waals surface area contributed by atoms with Gasteiger partial charge in [0, 0.05) is 17.4 Å². The zero-order valence-electron chi connectivity index (χ0n) is 9.68. The molecule has 5 heteroatoms. The molecule has 0 aliphatic heterocycles. The molecule has 1 atom stereocenters. The number of nitrogens with one attached hydrogen (secondary N) is 1. The number of carbonyl (C=O) groups excluding carboxylic acids is 1. The van der Waals surface area contributed by atoms with Gasteiger partial charge in [-0.2, -0.15) is 0 Å². The number of hydrogen-bond acceptors (Lipinski definition) is 3. The highest BCUT2D eigenvalue weighted by Crippen LogP contribution is 2.16. The lowest BCUT2D eigenvalue weighted by Crippen LogP contribution is -2.36. The summed E-state index contributed by atoms with van der Waals surface area (Å²) in [6, 6.07) is 9.82. The van der Waals surface area contributed by atoms with Crippen molar-refractivity contribution in [3.05, 3.63) is 30.3 Å². The second-order valence-corrected chi connectivity index (χ2v) is 5.31. The van der Waals surface area contributed by atoms with Crippen LogP contribution < -0.4 is 11.1 Å². The number of amides is 1. The van der Waals surface area contributed by atoms with Crippen molar-refractivity contribution in [2.45, 2.75) is 24.3 Å². The van der Waals surface area contributed by atoms with Crippen LogP contribution in [-0.4, -0.2) is 22.7 Å². The molecule has 0 heterocycles. The van der Waals surface area contributed by atoms with E-state index in [1.54, 1.807) is 0 Å². The Morgan fingerprint density at radius 2 is 2.12 bits per heavy atom. The van der Waals surface area contributed by atoms with Gasteiger partial charge in [-0.3, -0.25) is 4.79 Å². The van der Waals surface area contributed by atoms with E-state index in [1.165, 1.54) is 11.8 Å². The molecule has 1 aromatic carbocycles. The summed E-state index contributed by atoms with van der Waals surface area (Å²) in [5, 5.41) is 2.85. The van der Waals surface area contributed by atoms with E-state index in [4.69, 9.17) is 18.0 Å². The van der Waals surface area contributed by atoms with Crippen molar-refractivity contribution in [1.29, 1.82) is 0 Å². The zero-order chi connectivity index (χ0) is 12.7. The molecule has 0 spiro atoms. The molecule has 1 amide bonds. The number of benzene rings is 1. The van der Waals surface area contributed by atoms with Crippen LogP contribution in [0.15, 0.2) is 35.2 Å². The Morgan fingerprint density at radius 1 is 1.47 bits per heavy atom. The van der Waals surface area contributed by atoms with Crippen molar-refractivity contribution in [1.82, 2.24) is 5.32 Å². The molecule has 17 heavy (non-hydrogen) atoms. The Kier molecular flexibility index (Phi) is 6.00. The number of rotatable bonds is 6. The first-order valence-corrected chi connectivity index (χ1v) is 6.73. The smallest absolute Gasteiger partial charge is 0.230 e. The van der Waals surface area contributed by atoms with Gasteiger partial charge in [0.15, 0.2) is 0 Å². The van der Waals surface area contributed by atoms with E-state index in [2.05, 4.69) is 5.32 Å². The van der Waals surface area contributed by atoms with Crippen molar-refractivity contribution in [2.75, 3.05) is 5.75 Å². The van der Waals surface area contributed by atoms with Gasteiger partial charge in [0.2, 0.25) is 5.91 Å². The summed E-state index contributed by atoms with van der Waals surface area (Å²) in [4.78, 5) is 13.1. The Hall–Kier alpha value is -1.07. The van der Waals surface area contributed by atoms with Crippen LogP contribution in [0.25, 0.3) is 0 Å². The van der Waals surface area contributed by atoms with Gasteiger partial charge in [0.05, 0.1) is 10.7 Å². The average molecular weight is 268 g/mol. The molecule has 1 rings (SSSR count). The highest BCUT2D eigenvalue weighted by atomic mass is 32.2. The number of thiocarbonyl (C=S) groups is 1. The minimum absolute atomic E-state index is 0.00241. The fourth-order valence-corrected chi connectivity index (χ4v) is 2.32. The fourth-order valence-electron chi connectivity index (χ4n) is 1.33. The van der Waals surface area contributed by atoms with Crippen LogP contribution in [0.2, 0.25) is 0 Å². The molecule has 0 aromatic heterocycles. The van der Waals surface area contributed by atoms with Gasteiger partial charge in [-0.25, -0.2) is 0 Å². The maximum absolute atomic E-state index is 11.6. The number of thioether (sulfide) groups is 1. The predicted octanol–water partition coefficient (Wildman–Crippen LogP) is 1.96. The van der Waals surface area contributed by atoms with E-state index in [1.807, 2.05) is 37.3 Å². The fraction of sp³-hybridized carbons (Fsp3) is 0.333. The molecular weight excluding hydrogens is 252 g/mol. The summed E-state index contributed by atoms with van der Waals surface area (Å²) in [6.07, 6.45) is 0.539. The molecule has 0 aliphatic carbocycles. The first-order chi connectivity index (χ1) is 8.08. The minimum Gasteiger partial charge on any atom is -0.393 e. The lowest BCUT2D eigenvalue weighted by molar-refractivity contribution is -0.119. The summed E-state index contributed by atoms with van der Waals surface area (Å²) in [5.74, 6) is 0.411. The van der Waals surface area contributed by atoms with Crippen LogP contribution in [-0.2, 0) is 4.79 Å². The van der Waals surface area contributed by atoms with E-state index in [9.17, 15) is 4.79 Å². The molecule has 0 aliphatic rings. The summed E-state index contributed by atoms with van der Waals surface area (Å²) < 4.78 is 0. The lowest BCUT2D eigenvalue weighted by atomic mass is 10.2. The van der Waals surface area contributed by atoms with E-state index in [0.29, 0.717) is 17.2 Å². The average Bonchev–Trinajstić information content (AvgIpc) is 2.26. The maximum atomic E-state index is 11.6. The number of carbonyl (C=O) groups is 1. The second-order valence-electron chi connectivity index (χ2n) is 3.74. The summed E-state index contributed by atoms with van der Waals surface area (Å²) >= 11 is 6.30. The van der Waals surface area contributed by atoms with Crippen LogP contribution in [0.3, 0.4) is 0 Å². The predicted molar refractivity (Wildman–Crippen MR) is 76.2 cm³/mol. The first-order valence-electron chi connectivity index (χ1n) is 5.33. The van der Waals surface area contributed by atoms with Gasteiger partial charge in [0.25, 0.3) is 0 Å². The van der Waals surface area contributed by atoms with Gasteiger partial charge in [-0.1, -0.05) is 30.4 Å². The van der Waals surface area contributed by atoms with Gasteiger partial charge in [-0.15, -0.1) is 11.8 Å². The standard InChI is InChI=1S/C12H16N2OS2/c1-9(7-11(13)16)14-12(15)8-17-10-5-3-2-4-6-10/h2-6,9H,7-8H2,1H3,(H2,13,16)(H,14,15). The Labute approximate surface area is 111 Å². The molecular formula is C12H16N2OS2. The van der Waals surface area contributed by atoms with E-state index in [-0.39, 0.29) is 11.9 Å². The SMILES string of the molecule is CC(CC(N)=S)NC(=O)CSc1ccccc1. The molecule has 92 valence electrons. The number of nitrogens with two attached hydrogens (primary N) is 1. The quantitative estimate of drug-likeness (QED) is 0.612. The molecule has 0 radical (unpaired) electrons. The highest BCUT2D eigenvalue weighted by Gasteiger charge is 2.08. The molecule has 3 N–H and O–H groups in total.